The third kappa shape index (κ3) is 8.27. The first-order valence-electron chi connectivity index (χ1n) is 11.8. The van der Waals surface area contributed by atoms with Gasteiger partial charge in [0.25, 0.3) is 0 Å². The van der Waals surface area contributed by atoms with Gasteiger partial charge in [-0.05, 0) is 36.0 Å². The highest BCUT2D eigenvalue weighted by Crippen LogP contribution is 2.34. The Morgan fingerprint density at radius 1 is 0.925 bits per heavy atom. The average molecular weight is 612 g/mol. The number of hydrogen-bond acceptors (Lipinski definition) is 12. The van der Waals surface area contributed by atoms with Gasteiger partial charge in [-0.15, -0.1) is 0 Å². The number of esters is 4. The van der Waals surface area contributed by atoms with Gasteiger partial charge in [0.1, 0.15) is 23.0 Å². The molecule has 1 aromatic heterocycles. The number of halogens is 1. The van der Waals surface area contributed by atoms with Crippen molar-refractivity contribution in [3.63, 3.8) is 0 Å². The number of aromatic nitrogens is 3. The number of hydrogen-bond donors (Lipinski definition) is 1. The Labute approximate surface area is 244 Å². The molecular weight excluding hydrogens is 586 g/mol. The van der Waals surface area contributed by atoms with E-state index in [0.29, 0.717) is 5.02 Å². The molecule has 1 N–H and O–H groups in total. The van der Waals surface area contributed by atoms with Gasteiger partial charge in [0.15, 0.2) is 29.3 Å². The minimum atomic E-state index is -1.39. The molecule has 3 rings (SSSR count). The molecule has 0 spiro atoms. The van der Waals surface area contributed by atoms with E-state index >= 15 is 0 Å². The number of nitrogens with one attached hydrogen (secondary N) is 1. The van der Waals surface area contributed by atoms with Crippen molar-refractivity contribution in [2.24, 2.45) is 0 Å². The number of nitrogens with zero attached hydrogens (tertiary/aromatic N) is 2. The summed E-state index contributed by atoms with van der Waals surface area (Å²) in [6, 6.07) is 7.03. The van der Waals surface area contributed by atoms with E-state index in [1.54, 1.807) is 36.4 Å². The summed E-state index contributed by atoms with van der Waals surface area (Å²) in [6.45, 7) is 4.19. The molecule has 0 bridgehead atoms. The predicted molar refractivity (Wildman–Crippen MR) is 146 cm³/mol. The molecule has 12 nitrogen and oxygen atoms in total. The van der Waals surface area contributed by atoms with Gasteiger partial charge >= 0.3 is 23.9 Å². The van der Waals surface area contributed by atoms with Gasteiger partial charge in [-0.2, -0.15) is 5.10 Å². The summed E-state index contributed by atoms with van der Waals surface area (Å²) in [5.74, 6) is -2.90. The largest absolute Gasteiger partial charge is 0.463 e. The van der Waals surface area contributed by atoms with E-state index in [9.17, 15) is 19.2 Å². The SMILES string of the molecule is CC(=O)OC[C@H]1O[C@@H](n2nc(/C=C/c3ccc(Cl)cc3)c(=S)[nH]c2=S)[C@H](OC(C)=O)[C@@H](OC(C)=O)[C@@H]1OC(C)=O. The fourth-order valence-electron chi connectivity index (χ4n) is 3.86. The quantitative estimate of drug-likeness (QED) is 0.263. The van der Waals surface area contributed by atoms with Gasteiger partial charge in [-0.25, -0.2) is 4.68 Å². The summed E-state index contributed by atoms with van der Waals surface area (Å²) < 4.78 is 29.0. The molecule has 2 heterocycles. The number of carbonyl (C=O) groups is 4. The minimum absolute atomic E-state index is 0.0189. The number of rotatable bonds is 8. The molecule has 15 heteroatoms. The van der Waals surface area contributed by atoms with Crippen LogP contribution in [-0.4, -0.2) is 69.7 Å². The van der Waals surface area contributed by atoms with E-state index in [0.717, 1.165) is 26.3 Å². The van der Waals surface area contributed by atoms with Crippen molar-refractivity contribution in [2.75, 3.05) is 6.61 Å². The summed E-state index contributed by atoms with van der Waals surface area (Å²) in [4.78, 5) is 50.6. The maximum Gasteiger partial charge on any atom is 0.303 e. The van der Waals surface area contributed by atoms with E-state index in [2.05, 4.69) is 10.1 Å². The molecule has 0 unspecified atom stereocenters. The van der Waals surface area contributed by atoms with Crippen LogP contribution in [0.1, 0.15) is 45.2 Å². The zero-order valence-corrected chi connectivity index (χ0v) is 24.2. The Morgan fingerprint density at radius 2 is 1.50 bits per heavy atom. The van der Waals surface area contributed by atoms with Crippen LogP contribution in [-0.2, 0) is 42.9 Å². The first-order valence-corrected chi connectivity index (χ1v) is 13.0. The van der Waals surface area contributed by atoms with E-state index in [1.165, 1.54) is 11.6 Å². The van der Waals surface area contributed by atoms with Crippen LogP contribution in [0.25, 0.3) is 12.2 Å². The molecule has 5 atom stereocenters. The number of H-pyrrole nitrogens is 1. The zero-order valence-electron chi connectivity index (χ0n) is 21.8. The van der Waals surface area contributed by atoms with Crippen LogP contribution >= 0.6 is 36.0 Å². The molecule has 0 amide bonds. The molecule has 0 saturated carbocycles. The molecule has 0 aliphatic carbocycles. The summed E-state index contributed by atoms with van der Waals surface area (Å²) in [7, 11) is 0. The topological polar surface area (TPSA) is 148 Å². The highest BCUT2D eigenvalue weighted by atomic mass is 35.5. The van der Waals surface area contributed by atoms with E-state index in [4.69, 9.17) is 59.7 Å². The monoisotopic (exact) mass is 611 g/mol. The highest BCUT2D eigenvalue weighted by molar-refractivity contribution is 7.72. The van der Waals surface area contributed by atoms with Gasteiger partial charge in [-0.3, -0.25) is 19.2 Å². The number of carbonyl (C=O) groups excluding carboxylic acids is 4. The zero-order chi connectivity index (χ0) is 29.6. The van der Waals surface area contributed by atoms with E-state index in [1.807, 2.05) is 0 Å². The molecule has 2 aromatic rings. The number of ether oxygens (including phenoxy) is 5. The molecule has 1 aliphatic rings. The van der Waals surface area contributed by atoms with Crippen molar-refractivity contribution in [3.05, 3.63) is 50.0 Å². The molecule has 1 fully saturated rings. The van der Waals surface area contributed by atoms with Gasteiger partial charge in [0.05, 0.1) is 0 Å². The lowest BCUT2D eigenvalue weighted by Crippen LogP contribution is -2.60. The summed E-state index contributed by atoms with van der Waals surface area (Å²) >= 11 is 16.8. The summed E-state index contributed by atoms with van der Waals surface area (Å²) in [5.41, 5.74) is 1.08. The molecule has 1 aliphatic heterocycles. The van der Waals surface area contributed by atoms with Gasteiger partial charge in [0.2, 0.25) is 0 Å². The fraction of sp³-hybridized carbons (Fsp3) is 0.400. The Balaban J connectivity index is 2.13. The molecule has 1 aromatic carbocycles. The average Bonchev–Trinajstić information content (AvgIpc) is 2.85. The minimum Gasteiger partial charge on any atom is -0.463 e. The van der Waals surface area contributed by atoms with Crippen molar-refractivity contribution < 1.29 is 42.9 Å². The van der Waals surface area contributed by atoms with Crippen molar-refractivity contribution >= 4 is 72.1 Å². The highest BCUT2D eigenvalue weighted by Gasteiger charge is 2.53. The van der Waals surface area contributed by atoms with E-state index < -0.39 is 61.1 Å². The maximum absolute atomic E-state index is 12.1. The van der Waals surface area contributed by atoms with Crippen molar-refractivity contribution in [2.45, 2.75) is 58.3 Å². The lowest BCUT2D eigenvalue weighted by Gasteiger charge is -2.44. The maximum atomic E-state index is 12.1. The van der Waals surface area contributed by atoms with Gasteiger partial charge < -0.3 is 28.7 Å². The molecular formula is C25H26ClN3O9S2. The van der Waals surface area contributed by atoms with Crippen LogP contribution in [0.3, 0.4) is 0 Å². The van der Waals surface area contributed by atoms with E-state index in [-0.39, 0.29) is 15.1 Å². The van der Waals surface area contributed by atoms with Crippen LogP contribution in [0.15, 0.2) is 24.3 Å². The third-order valence-electron chi connectivity index (χ3n) is 5.39. The van der Waals surface area contributed by atoms with Crippen LogP contribution in [0.5, 0.6) is 0 Å². The molecule has 0 radical (unpaired) electrons. The van der Waals surface area contributed by atoms with Crippen LogP contribution < -0.4 is 0 Å². The Hall–Kier alpha value is -3.46. The van der Waals surface area contributed by atoms with Crippen molar-refractivity contribution in [3.8, 4) is 0 Å². The lowest BCUT2D eigenvalue weighted by molar-refractivity contribution is -0.271. The van der Waals surface area contributed by atoms with Gasteiger partial charge in [0, 0.05) is 32.7 Å². The van der Waals surface area contributed by atoms with Crippen LogP contribution in [0.4, 0.5) is 0 Å². The standard InChI is InChI=1S/C25H26ClN3O9S2/c1-12(30)34-11-19-20(35-13(2)31)21(36-14(3)32)22(37-15(4)33)24(38-19)29-25(40)27-23(39)18(28-29)10-7-16-5-8-17(26)9-6-16/h5-10,19-22,24H,11H2,1-4H3,(H,27,39,40)/b10-7+/t19-,20-,21+,22-,24-/m1/s1. The Morgan fingerprint density at radius 3 is 2.08 bits per heavy atom. The smallest absolute Gasteiger partial charge is 0.303 e. The normalized spacial score (nSPS) is 22.4. The second-order valence-electron chi connectivity index (χ2n) is 8.56. The summed E-state index contributed by atoms with van der Waals surface area (Å²) in [5, 5.41) is 5.08. The first-order chi connectivity index (χ1) is 18.8. The second-order valence-corrected chi connectivity index (χ2v) is 9.80. The van der Waals surface area contributed by atoms with Gasteiger partial charge in [-0.1, -0.05) is 42.0 Å². The lowest BCUT2D eigenvalue weighted by atomic mass is 9.97. The van der Waals surface area contributed by atoms with Crippen molar-refractivity contribution in [1.29, 1.82) is 0 Å². The van der Waals surface area contributed by atoms with Crippen LogP contribution in [0, 0.1) is 9.41 Å². The second kappa shape index (κ2) is 13.7. The predicted octanol–water partition coefficient (Wildman–Crippen LogP) is 3.75. The van der Waals surface area contributed by atoms with Crippen molar-refractivity contribution in [1.82, 2.24) is 14.8 Å². The molecule has 1 saturated heterocycles. The number of aromatic amines is 1. The Kier molecular flexibility index (Phi) is 10.7. The summed E-state index contributed by atoms with van der Waals surface area (Å²) in [6.07, 6.45) is -3.24. The third-order valence-corrected chi connectivity index (χ3v) is 6.24. The Bertz CT molecular complexity index is 1420. The first kappa shape index (κ1) is 31.1. The number of benzene rings is 1. The molecule has 40 heavy (non-hydrogen) atoms. The fourth-order valence-corrected chi connectivity index (χ4v) is 4.50. The van der Waals surface area contributed by atoms with Crippen LogP contribution in [0.2, 0.25) is 5.02 Å². The molecule has 214 valence electrons.